The van der Waals surface area contributed by atoms with Crippen molar-refractivity contribution in [3.05, 3.63) is 82.7 Å². The minimum atomic E-state index is -0.436. The minimum Gasteiger partial charge on any atom is -0.325 e. The highest BCUT2D eigenvalue weighted by Gasteiger charge is 2.33. The first-order valence-electron chi connectivity index (χ1n) is 10.7. The number of amides is 1. The highest BCUT2D eigenvalue weighted by Crippen LogP contribution is 2.45. The normalized spacial score (nSPS) is 14.3. The maximum absolute atomic E-state index is 13.5. The van der Waals surface area contributed by atoms with E-state index in [-0.39, 0.29) is 5.91 Å². The minimum absolute atomic E-state index is 0.0575. The molecule has 5 nitrogen and oxygen atoms in total. The Kier molecular flexibility index (Phi) is 5.85. The second-order valence-electron chi connectivity index (χ2n) is 8.10. The monoisotopic (exact) mass is 460 g/mol. The molecule has 5 rings (SSSR count). The number of rotatable bonds is 7. The molecule has 1 aliphatic rings. The Balaban J connectivity index is 1.49. The third-order valence-electron chi connectivity index (χ3n) is 5.53. The summed E-state index contributed by atoms with van der Waals surface area (Å²) in [6.45, 7) is 4.04. The van der Waals surface area contributed by atoms with E-state index in [2.05, 4.69) is 37.6 Å². The molecule has 1 amide bonds. The van der Waals surface area contributed by atoms with Crippen molar-refractivity contribution >= 4 is 34.7 Å². The van der Waals surface area contributed by atoms with Crippen LogP contribution in [0.3, 0.4) is 0 Å². The van der Waals surface area contributed by atoms with Crippen LogP contribution in [0.5, 0.6) is 0 Å². The predicted octanol–water partition coefficient (Wildman–Crippen LogP) is 6.43. The molecule has 0 aliphatic heterocycles. The lowest BCUT2D eigenvalue weighted by atomic mass is 10.1. The van der Waals surface area contributed by atoms with Crippen LogP contribution in [0, 0.1) is 13.8 Å². The first-order valence-corrected chi connectivity index (χ1v) is 12.4. The van der Waals surface area contributed by atoms with Crippen molar-refractivity contribution < 1.29 is 4.79 Å². The molecule has 2 aromatic heterocycles. The summed E-state index contributed by atoms with van der Waals surface area (Å²) >= 11 is 3.14. The summed E-state index contributed by atoms with van der Waals surface area (Å²) < 4.78 is 2.22. The summed E-state index contributed by atoms with van der Waals surface area (Å²) in [6.07, 6.45) is 2.24. The fourth-order valence-electron chi connectivity index (χ4n) is 3.67. The summed E-state index contributed by atoms with van der Waals surface area (Å²) in [5, 5.41) is 14.6. The average molecular weight is 461 g/mol. The summed E-state index contributed by atoms with van der Waals surface area (Å²) in [5.74, 6) is 0.838. The number of hydrogen-bond donors (Lipinski definition) is 1. The van der Waals surface area contributed by atoms with Crippen molar-refractivity contribution in [2.75, 3.05) is 5.32 Å². The van der Waals surface area contributed by atoms with E-state index in [0.717, 1.165) is 51.1 Å². The number of carbonyl (C=O) groups is 1. The van der Waals surface area contributed by atoms with E-state index in [1.165, 1.54) is 11.8 Å². The van der Waals surface area contributed by atoms with E-state index < -0.39 is 5.25 Å². The summed E-state index contributed by atoms with van der Waals surface area (Å²) in [6, 6.07) is 20.5. The molecule has 4 aromatic rings. The number of benzene rings is 2. The zero-order chi connectivity index (χ0) is 22.1. The quantitative estimate of drug-likeness (QED) is 0.323. The van der Waals surface area contributed by atoms with Gasteiger partial charge in [0.2, 0.25) is 5.91 Å². The first-order chi connectivity index (χ1) is 15.6. The van der Waals surface area contributed by atoms with Crippen molar-refractivity contribution in [2.24, 2.45) is 0 Å². The van der Waals surface area contributed by atoms with Crippen LogP contribution >= 0.6 is 23.1 Å². The fourth-order valence-corrected chi connectivity index (χ4v) is 5.48. The van der Waals surface area contributed by atoms with Gasteiger partial charge >= 0.3 is 0 Å². The van der Waals surface area contributed by atoms with Gasteiger partial charge in [-0.05, 0) is 60.9 Å². The van der Waals surface area contributed by atoms with Crippen LogP contribution in [0.4, 0.5) is 5.69 Å². The maximum atomic E-state index is 13.5. The van der Waals surface area contributed by atoms with Gasteiger partial charge < -0.3 is 5.32 Å². The number of nitrogens with one attached hydrogen (secondary N) is 1. The van der Waals surface area contributed by atoms with E-state index in [0.29, 0.717) is 6.04 Å². The maximum Gasteiger partial charge on any atom is 0.242 e. The molecule has 2 heterocycles. The Labute approximate surface area is 195 Å². The van der Waals surface area contributed by atoms with Crippen LogP contribution in [0.1, 0.15) is 40.8 Å². The molecule has 1 saturated carbocycles. The van der Waals surface area contributed by atoms with Gasteiger partial charge in [0.25, 0.3) is 0 Å². The van der Waals surface area contributed by atoms with Crippen LogP contribution in [-0.4, -0.2) is 20.7 Å². The zero-order valence-corrected chi connectivity index (χ0v) is 19.6. The van der Waals surface area contributed by atoms with E-state index in [4.69, 9.17) is 0 Å². The van der Waals surface area contributed by atoms with Crippen LogP contribution < -0.4 is 5.32 Å². The highest BCUT2D eigenvalue weighted by atomic mass is 32.2. The van der Waals surface area contributed by atoms with Crippen LogP contribution in [0.25, 0.3) is 10.7 Å². The molecule has 1 fully saturated rings. The third-order valence-corrected chi connectivity index (χ3v) is 7.61. The van der Waals surface area contributed by atoms with Crippen LogP contribution in [0.15, 0.2) is 71.2 Å². The van der Waals surface area contributed by atoms with E-state index in [9.17, 15) is 4.79 Å². The number of anilines is 1. The second kappa shape index (κ2) is 8.92. The third kappa shape index (κ3) is 4.36. The highest BCUT2D eigenvalue weighted by molar-refractivity contribution is 8.00. The molecule has 32 heavy (non-hydrogen) atoms. The average Bonchev–Trinajstić information content (AvgIpc) is 3.31. The Morgan fingerprint density at radius 2 is 1.91 bits per heavy atom. The van der Waals surface area contributed by atoms with Crippen LogP contribution in [0.2, 0.25) is 0 Å². The smallest absolute Gasteiger partial charge is 0.242 e. The van der Waals surface area contributed by atoms with Gasteiger partial charge in [-0.2, -0.15) is 0 Å². The van der Waals surface area contributed by atoms with Crippen molar-refractivity contribution in [1.82, 2.24) is 14.8 Å². The van der Waals surface area contributed by atoms with Gasteiger partial charge in [-0.3, -0.25) is 9.36 Å². The lowest BCUT2D eigenvalue weighted by molar-refractivity contribution is -0.115. The Morgan fingerprint density at radius 1 is 1.09 bits per heavy atom. The van der Waals surface area contributed by atoms with E-state index in [1.807, 2.05) is 62.4 Å². The number of aromatic nitrogens is 3. The molecule has 1 atom stereocenters. The van der Waals surface area contributed by atoms with Crippen molar-refractivity contribution in [3.63, 3.8) is 0 Å². The van der Waals surface area contributed by atoms with Gasteiger partial charge in [-0.15, -0.1) is 21.5 Å². The molecule has 162 valence electrons. The molecule has 0 spiro atoms. The van der Waals surface area contributed by atoms with Gasteiger partial charge in [0.05, 0.1) is 4.88 Å². The Hall–Kier alpha value is -2.90. The largest absolute Gasteiger partial charge is 0.325 e. The number of thiophene rings is 1. The molecule has 1 unspecified atom stereocenters. The fraction of sp³-hybridized carbons (Fsp3) is 0.240. The molecule has 2 aromatic carbocycles. The zero-order valence-electron chi connectivity index (χ0n) is 18.0. The lowest BCUT2D eigenvalue weighted by Gasteiger charge is -2.18. The summed E-state index contributed by atoms with van der Waals surface area (Å²) in [4.78, 5) is 14.6. The van der Waals surface area contributed by atoms with Gasteiger partial charge in [0.15, 0.2) is 11.0 Å². The van der Waals surface area contributed by atoms with Crippen LogP contribution in [-0.2, 0) is 4.79 Å². The van der Waals surface area contributed by atoms with Gasteiger partial charge in [0.1, 0.15) is 5.25 Å². The molecule has 0 bridgehead atoms. The van der Waals surface area contributed by atoms with E-state index in [1.54, 1.807) is 11.3 Å². The molecule has 1 aliphatic carbocycles. The molecule has 0 radical (unpaired) electrons. The van der Waals surface area contributed by atoms with Crippen molar-refractivity contribution in [1.29, 1.82) is 0 Å². The molecule has 1 N–H and O–H groups in total. The molecular weight excluding hydrogens is 436 g/mol. The molecular formula is C25H24N4OS2. The van der Waals surface area contributed by atoms with Crippen molar-refractivity contribution in [3.8, 4) is 10.7 Å². The lowest BCUT2D eigenvalue weighted by Crippen LogP contribution is -2.20. The van der Waals surface area contributed by atoms with Gasteiger partial charge in [-0.1, -0.05) is 60.3 Å². The number of nitrogens with zero attached hydrogens (tertiary/aromatic N) is 3. The topological polar surface area (TPSA) is 59.8 Å². The molecule has 0 saturated heterocycles. The first kappa shape index (κ1) is 21.0. The van der Waals surface area contributed by atoms with Gasteiger partial charge in [-0.25, -0.2) is 0 Å². The van der Waals surface area contributed by atoms with Gasteiger partial charge in [0, 0.05) is 11.7 Å². The molecule has 7 heteroatoms. The second-order valence-corrected chi connectivity index (χ2v) is 10.1. The standard InChI is InChI=1S/C25H24N4OS2/c1-16-10-11-17(2)20(15-16)26-24(30)22(18-7-4-3-5-8-18)32-25-28-27-23(21-9-6-14-31-21)29(25)19-12-13-19/h3-11,14-15,19,22H,12-13H2,1-2H3,(H,26,30). The Bertz CT molecular complexity index is 1230. The number of carbonyl (C=O) groups excluding carboxylic acids is 1. The summed E-state index contributed by atoms with van der Waals surface area (Å²) in [5.41, 5.74) is 3.95. The van der Waals surface area contributed by atoms with E-state index >= 15 is 0 Å². The number of hydrogen-bond acceptors (Lipinski definition) is 5. The number of thioether (sulfide) groups is 1. The SMILES string of the molecule is Cc1ccc(C)c(NC(=O)C(Sc2nnc(-c3cccs3)n2C2CC2)c2ccccc2)c1. The summed E-state index contributed by atoms with van der Waals surface area (Å²) in [7, 11) is 0. The van der Waals surface area contributed by atoms with Crippen molar-refractivity contribution in [2.45, 2.75) is 43.1 Å². The predicted molar refractivity (Wildman–Crippen MR) is 131 cm³/mol. The number of aryl methyl sites for hydroxylation is 2. The Morgan fingerprint density at radius 3 is 2.62 bits per heavy atom.